The minimum atomic E-state index is -0.442. The van der Waals surface area contributed by atoms with Gasteiger partial charge in [-0.3, -0.25) is 4.90 Å². The van der Waals surface area contributed by atoms with Crippen molar-refractivity contribution in [3.8, 4) is 5.75 Å². The van der Waals surface area contributed by atoms with E-state index in [-0.39, 0.29) is 6.09 Å². The second-order valence-electron chi connectivity index (χ2n) is 8.13. The van der Waals surface area contributed by atoms with Gasteiger partial charge in [0.2, 0.25) is 0 Å². The first-order chi connectivity index (χ1) is 12.7. The number of benzene rings is 2. The minimum absolute atomic E-state index is 0.364. The van der Waals surface area contributed by atoms with Gasteiger partial charge in [0, 0.05) is 11.3 Å². The highest BCUT2D eigenvalue weighted by Crippen LogP contribution is 2.38. The number of anilines is 1. The van der Waals surface area contributed by atoms with Gasteiger partial charge < -0.3 is 14.0 Å². The standard InChI is InChI=1S/C21H24BNO4/c1-14-16-13-23(15-9-7-6-8-10-15)19(24)25-18(16)12-11-17(14)22-26-20(2,3)21(4,5)27-22/h6-12H,13H2,1-5H3. The lowest BCUT2D eigenvalue weighted by molar-refractivity contribution is 0.00578. The molecule has 0 aliphatic carbocycles. The Kier molecular flexibility index (Phi) is 4.09. The Balaban J connectivity index is 1.70. The predicted molar refractivity (Wildman–Crippen MR) is 106 cm³/mol. The molecule has 5 nitrogen and oxygen atoms in total. The van der Waals surface area contributed by atoms with Crippen LogP contribution in [0.5, 0.6) is 5.75 Å². The lowest BCUT2D eigenvalue weighted by Crippen LogP contribution is -2.41. The van der Waals surface area contributed by atoms with Gasteiger partial charge in [-0.15, -0.1) is 0 Å². The van der Waals surface area contributed by atoms with Crippen molar-refractivity contribution >= 4 is 24.4 Å². The molecule has 0 unspecified atom stereocenters. The van der Waals surface area contributed by atoms with E-state index in [0.29, 0.717) is 12.3 Å². The molecule has 4 rings (SSSR count). The molecule has 1 amide bonds. The zero-order valence-corrected chi connectivity index (χ0v) is 16.4. The Hall–Kier alpha value is -2.31. The number of carbonyl (C=O) groups excluding carboxylic acids is 1. The fourth-order valence-corrected chi connectivity index (χ4v) is 3.44. The molecule has 0 saturated carbocycles. The third-order valence-electron chi connectivity index (χ3n) is 5.91. The lowest BCUT2D eigenvalue weighted by atomic mass is 9.74. The van der Waals surface area contributed by atoms with E-state index in [2.05, 4.69) is 0 Å². The van der Waals surface area contributed by atoms with Gasteiger partial charge in [0.05, 0.1) is 17.7 Å². The van der Waals surface area contributed by atoms with Crippen LogP contribution in [0.1, 0.15) is 38.8 Å². The summed E-state index contributed by atoms with van der Waals surface area (Å²) in [5, 5.41) is 0. The number of hydrogen-bond acceptors (Lipinski definition) is 4. The quantitative estimate of drug-likeness (QED) is 0.760. The van der Waals surface area contributed by atoms with E-state index < -0.39 is 18.3 Å². The number of amides is 1. The number of rotatable bonds is 2. The van der Waals surface area contributed by atoms with E-state index >= 15 is 0 Å². The number of hydrogen-bond donors (Lipinski definition) is 0. The predicted octanol–water partition coefficient (Wildman–Crippen LogP) is 3.81. The van der Waals surface area contributed by atoms with Gasteiger partial charge in [-0.25, -0.2) is 4.79 Å². The fraction of sp³-hybridized carbons (Fsp3) is 0.381. The summed E-state index contributed by atoms with van der Waals surface area (Å²) in [4.78, 5) is 14.1. The van der Waals surface area contributed by atoms with Gasteiger partial charge in [-0.2, -0.15) is 0 Å². The first-order valence-electron chi connectivity index (χ1n) is 9.22. The zero-order valence-electron chi connectivity index (χ0n) is 16.4. The summed E-state index contributed by atoms with van der Waals surface area (Å²) in [5.74, 6) is 0.602. The molecule has 2 aromatic rings. The van der Waals surface area contributed by atoms with Gasteiger partial charge in [-0.05, 0) is 63.8 Å². The van der Waals surface area contributed by atoms with Crippen molar-refractivity contribution in [2.75, 3.05) is 4.90 Å². The second-order valence-corrected chi connectivity index (χ2v) is 8.13. The molecule has 2 aliphatic rings. The molecule has 6 heteroatoms. The fourth-order valence-electron chi connectivity index (χ4n) is 3.44. The summed E-state index contributed by atoms with van der Waals surface area (Å²) < 4.78 is 18.0. The largest absolute Gasteiger partial charge is 0.495 e. The summed E-state index contributed by atoms with van der Waals surface area (Å²) >= 11 is 0. The van der Waals surface area contributed by atoms with Gasteiger partial charge in [0.15, 0.2) is 0 Å². The van der Waals surface area contributed by atoms with E-state index in [9.17, 15) is 4.79 Å². The molecule has 0 spiro atoms. The van der Waals surface area contributed by atoms with Crippen LogP contribution in [0.2, 0.25) is 0 Å². The number of fused-ring (bicyclic) bond motifs is 1. The molecule has 1 fully saturated rings. The molecule has 0 N–H and O–H groups in total. The summed E-state index contributed by atoms with van der Waals surface area (Å²) in [6.45, 7) is 10.7. The molecule has 27 heavy (non-hydrogen) atoms. The molecule has 1 saturated heterocycles. The maximum absolute atomic E-state index is 12.4. The molecule has 0 aromatic heterocycles. The second kappa shape index (κ2) is 6.11. The van der Waals surface area contributed by atoms with Crippen molar-refractivity contribution in [3.05, 3.63) is 53.6 Å². The number of carbonyl (C=O) groups is 1. The Bertz CT molecular complexity index is 879. The molecule has 140 valence electrons. The Labute approximate surface area is 160 Å². The van der Waals surface area contributed by atoms with E-state index in [0.717, 1.165) is 22.3 Å². The Morgan fingerprint density at radius 3 is 2.22 bits per heavy atom. The first-order valence-corrected chi connectivity index (χ1v) is 9.22. The smallest absolute Gasteiger partial charge is 0.410 e. The van der Waals surface area contributed by atoms with E-state index in [4.69, 9.17) is 14.0 Å². The average Bonchev–Trinajstić information content (AvgIpc) is 2.83. The van der Waals surface area contributed by atoms with Crippen LogP contribution >= 0.6 is 0 Å². The molecule has 0 atom stereocenters. The van der Waals surface area contributed by atoms with E-state index in [1.807, 2.05) is 77.1 Å². The van der Waals surface area contributed by atoms with Crippen LogP contribution in [-0.4, -0.2) is 24.4 Å². The summed E-state index contributed by atoms with van der Waals surface area (Å²) in [6, 6.07) is 13.3. The van der Waals surface area contributed by atoms with Crippen molar-refractivity contribution in [1.82, 2.24) is 0 Å². The summed E-state index contributed by atoms with van der Waals surface area (Å²) in [5.41, 5.74) is 2.99. The molecule has 0 bridgehead atoms. The number of nitrogens with zero attached hydrogens (tertiary/aromatic N) is 1. The van der Waals surface area contributed by atoms with Gasteiger partial charge in [0.1, 0.15) is 5.75 Å². The van der Waals surface area contributed by atoms with Crippen LogP contribution in [0.4, 0.5) is 10.5 Å². The van der Waals surface area contributed by atoms with Gasteiger partial charge in [-0.1, -0.05) is 24.3 Å². The van der Waals surface area contributed by atoms with Gasteiger partial charge in [0.25, 0.3) is 0 Å². The molecular formula is C21H24BNO4. The molecule has 2 aromatic carbocycles. The molecular weight excluding hydrogens is 341 g/mol. The molecule has 0 radical (unpaired) electrons. The van der Waals surface area contributed by atoms with E-state index in [1.165, 1.54) is 0 Å². The normalized spacial score (nSPS) is 20.4. The minimum Gasteiger partial charge on any atom is -0.410 e. The van der Waals surface area contributed by atoms with Crippen LogP contribution in [0, 0.1) is 6.92 Å². The SMILES string of the molecule is Cc1c(B2OC(C)(C)C(C)(C)O2)ccc2c1CN(c1ccccc1)C(=O)O2. The molecule has 2 aliphatic heterocycles. The number of para-hydroxylation sites is 1. The van der Waals surface area contributed by atoms with Crippen LogP contribution in [0.25, 0.3) is 0 Å². The Morgan fingerprint density at radius 2 is 1.59 bits per heavy atom. The zero-order chi connectivity index (χ0) is 19.4. The number of ether oxygens (including phenoxy) is 1. The highest BCUT2D eigenvalue weighted by atomic mass is 16.7. The van der Waals surface area contributed by atoms with E-state index in [1.54, 1.807) is 4.90 Å². The highest BCUT2D eigenvalue weighted by molar-refractivity contribution is 6.62. The van der Waals surface area contributed by atoms with Gasteiger partial charge >= 0.3 is 13.2 Å². The third kappa shape index (κ3) is 2.93. The van der Waals surface area contributed by atoms with Crippen LogP contribution in [-0.2, 0) is 15.9 Å². The first kappa shape index (κ1) is 18.1. The van der Waals surface area contributed by atoms with Crippen LogP contribution in [0.15, 0.2) is 42.5 Å². The monoisotopic (exact) mass is 365 g/mol. The van der Waals surface area contributed by atoms with Crippen molar-refractivity contribution < 1.29 is 18.8 Å². The van der Waals surface area contributed by atoms with Crippen LogP contribution < -0.4 is 15.1 Å². The lowest BCUT2D eigenvalue weighted by Gasteiger charge is -2.32. The van der Waals surface area contributed by atoms with Crippen molar-refractivity contribution in [2.45, 2.75) is 52.4 Å². The topological polar surface area (TPSA) is 48.0 Å². The van der Waals surface area contributed by atoms with Crippen molar-refractivity contribution in [1.29, 1.82) is 0 Å². The van der Waals surface area contributed by atoms with Crippen molar-refractivity contribution in [2.24, 2.45) is 0 Å². The van der Waals surface area contributed by atoms with Crippen molar-refractivity contribution in [3.63, 3.8) is 0 Å². The maximum atomic E-state index is 12.4. The van der Waals surface area contributed by atoms with Crippen LogP contribution in [0.3, 0.4) is 0 Å². The average molecular weight is 365 g/mol. The summed E-state index contributed by atoms with van der Waals surface area (Å²) in [7, 11) is -0.442. The maximum Gasteiger partial charge on any atom is 0.495 e. The highest BCUT2D eigenvalue weighted by Gasteiger charge is 2.52. The molecule has 2 heterocycles. The third-order valence-corrected chi connectivity index (χ3v) is 5.91. The Morgan fingerprint density at radius 1 is 0.963 bits per heavy atom. The summed E-state index contributed by atoms with van der Waals surface area (Å²) in [6.07, 6.45) is -0.364.